The van der Waals surface area contributed by atoms with E-state index in [9.17, 15) is 18.4 Å². The van der Waals surface area contributed by atoms with Crippen molar-refractivity contribution in [2.24, 2.45) is 4.99 Å². The summed E-state index contributed by atoms with van der Waals surface area (Å²) in [7, 11) is 0. The van der Waals surface area contributed by atoms with Crippen molar-refractivity contribution in [3.63, 3.8) is 0 Å². The maximum atomic E-state index is 13.7. The van der Waals surface area contributed by atoms with Crippen LogP contribution in [0.15, 0.2) is 17.1 Å². The van der Waals surface area contributed by atoms with E-state index < -0.39 is 23.6 Å². The fourth-order valence-corrected chi connectivity index (χ4v) is 2.22. The summed E-state index contributed by atoms with van der Waals surface area (Å²) >= 11 is 0. The minimum Gasteiger partial charge on any atom is -0.345 e. The third kappa shape index (κ3) is 1.96. The van der Waals surface area contributed by atoms with Gasteiger partial charge in [0.05, 0.1) is 18.4 Å². The smallest absolute Gasteiger partial charge is 0.249 e. The first-order valence-electron chi connectivity index (χ1n) is 5.66. The summed E-state index contributed by atoms with van der Waals surface area (Å²) in [6, 6.07) is 1.22. The van der Waals surface area contributed by atoms with E-state index in [1.54, 1.807) is 0 Å². The largest absolute Gasteiger partial charge is 0.345 e. The van der Waals surface area contributed by atoms with Crippen LogP contribution in [0.3, 0.4) is 0 Å². The fraction of sp³-hybridized carbons (Fsp3) is 0.250. The van der Waals surface area contributed by atoms with Gasteiger partial charge in [-0.2, -0.15) is 0 Å². The molecule has 2 aliphatic rings. The Bertz CT molecular complexity index is 615. The van der Waals surface area contributed by atoms with Gasteiger partial charge in [0.1, 0.15) is 17.7 Å². The molecule has 0 saturated carbocycles. The van der Waals surface area contributed by atoms with Crippen molar-refractivity contribution in [2.45, 2.75) is 19.0 Å². The number of benzene rings is 1. The van der Waals surface area contributed by atoms with Crippen LogP contribution < -0.4 is 5.32 Å². The minimum absolute atomic E-state index is 0.0169. The summed E-state index contributed by atoms with van der Waals surface area (Å²) in [4.78, 5) is 28.1. The van der Waals surface area contributed by atoms with Crippen LogP contribution in [0.25, 0.3) is 0 Å². The fourth-order valence-electron chi connectivity index (χ4n) is 2.22. The molecule has 1 atom stereocenters. The molecule has 0 bridgehead atoms. The van der Waals surface area contributed by atoms with Crippen molar-refractivity contribution in [3.8, 4) is 0 Å². The van der Waals surface area contributed by atoms with E-state index in [2.05, 4.69) is 10.3 Å². The third-order valence-electron chi connectivity index (χ3n) is 3.17. The Labute approximate surface area is 106 Å². The van der Waals surface area contributed by atoms with Crippen molar-refractivity contribution in [1.82, 2.24) is 10.2 Å². The van der Waals surface area contributed by atoms with Gasteiger partial charge in [-0.3, -0.25) is 14.9 Å². The number of hydrogen-bond donors (Lipinski definition) is 1. The van der Waals surface area contributed by atoms with E-state index in [1.807, 2.05) is 0 Å². The lowest BCUT2D eigenvalue weighted by Crippen LogP contribution is -2.40. The zero-order valence-corrected chi connectivity index (χ0v) is 9.69. The molecule has 0 aliphatic carbocycles. The van der Waals surface area contributed by atoms with Crippen LogP contribution in [-0.2, 0) is 16.1 Å². The number of imide groups is 1. The molecule has 1 N–H and O–H groups in total. The van der Waals surface area contributed by atoms with Crippen molar-refractivity contribution in [1.29, 1.82) is 0 Å². The second kappa shape index (κ2) is 4.11. The average Bonchev–Trinajstić information content (AvgIpc) is 2.68. The van der Waals surface area contributed by atoms with Gasteiger partial charge in [0.2, 0.25) is 11.8 Å². The number of rotatable bonds is 1. The maximum Gasteiger partial charge on any atom is 0.249 e. The lowest BCUT2D eigenvalue weighted by Gasteiger charge is -2.28. The molecule has 5 nitrogen and oxygen atoms in total. The van der Waals surface area contributed by atoms with Crippen molar-refractivity contribution < 1.29 is 18.4 Å². The minimum atomic E-state index is -0.707. The van der Waals surface area contributed by atoms with E-state index >= 15 is 0 Å². The number of carbonyl (C=O) groups is 2. The second-order valence-corrected chi connectivity index (χ2v) is 4.43. The zero-order chi connectivity index (χ0) is 13.6. The molecular formula is C12H9F2N3O2. The summed E-state index contributed by atoms with van der Waals surface area (Å²) in [6.07, 6.45) is 1.35. The van der Waals surface area contributed by atoms with Gasteiger partial charge in [0.25, 0.3) is 0 Å². The van der Waals surface area contributed by atoms with Crippen LogP contribution in [0.4, 0.5) is 14.5 Å². The highest BCUT2D eigenvalue weighted by Gasteiger charge is 2.36. The van der Waals surface area contributed by atoms with Crippen molar-refractivity contribution in [2.75, 3.05) is 0 Å². The van der Waals surface area contributed by atoms with Gasteiger partial charge >= 0.3 is 0 Å². The normalized spacial score (nSPS) is 21.6. The summed E-state index contributed by atoms with van der Waals surface area (Å²) in [6.45, 7) is 0.0797. The molecule has 1 unspecified atom stereocenters. The lowest BCUT2D eigenvalue weighted by atomic mass is 10.1. The number of aliphatic imine (C=N–C) groups is 1. The van der Waals surface area contributed by atoms with Crippen molar-refractivity contribution in [3.05, 3.63) is 29.3 Å². The Morgan fingerprint density at radius 2 is 2.11 bits per heavy atom. The van der Waals surface area contributed by atoms with Gasteiger partial charge in [0.15, 0.2) is 0 Å². The number of nitrogens with one attached hydrogen (secondary N) is 1. The van der Waals surface area contributed by atoms with E-state index in [0.29, 0.717) is 0 Å². The molecule has 7 heteroatoms. The Balaban J connectivity index is 1.91. The molecule has 2 aliphatic heterocycles. The molecule has 0 aromatic heterocycles. The molecule has 0 spiro atoms. The molecular weight excluding hydrogens is 256 g/mol. The third-order valence-corrected chi connectivity index (χ3v) is 3.17. The van der Waals surface area contributed by atoms with Gasteiger partial charge in [-0.25, -0.2) is 13.8 Å². The number of carbonyl (C=O) groups excluding carboxylic acids is 2. The van der Waals surface area contributed by atoms with Crippen LogP contribution in [0, 0.1) is 11.6 Å². The average molecular weight is 265 g/mol. The molecule has 2 amide bonds. The predicted octanol–water partition coefficient (Wildman–Crippen LogP) is 0.855. The van der Waals surface area contributed by atoms with Crippen LogP contribution in [-0.4, -0.2) is 29.1 Å². The molecule has 0 radical (unpaired) electrons. The first kappa shape index (κ1) is 11.8. The van der Waals surface area contributed by atoms with Crippen LogP contribution >= 0.6 is 0 Å². The monoisotopic (exact) mass is 265 g/mol. The van der Waals surface area contributed by atoms with Gasteiger partial charge in [-0.1, -0.05) is 0 Å². The highest BCUT2D eigenvalue weighted by Crippen LogP contribution is 2.29. The first-order valence-corrected chi connectivity index (χ1v) is 5.66. The van der Waals surface area contributed by atoms with Gasteiger partial charge in [0, 0.05) is 24.2 Å². The van der Waals surface area contributed by atoms with E-state index in [-0.39, 0.29) is 30.1 Å². The Hall–Kier alpha value is -2.31. The second-order valence-electron chi connectivity index (χ2n) is 4.43. The first-order chi connectivity index (χ1) is 9.04. The van der Waals surface area contributed by atoms with E-state index in [1.165, 1.54) is 11.2 Å². The summed E-state index contributed by atoms with van der Waals surface area (Å²) in [5.41, 5.74) is 0.425. The quantitative estimate of drug-likeness (QED) is 0.766. The molecule has 1 aromatic carbocycles. The van der Waals surface area contributed by atoms with Crippen LogP contribution in [0.1, 0.15) is 12.0 Å². The highest BCUT2D eigenvalue weighted by atomic mass is 19.1. The summed E-state index contributed by atoms with van der Waals surface area (Å²) in [5, 5.41) is 2.18. The number of amides is 2. The number of nitrogens with zero attached hydrogens (tertiary/aromatic N) is 2. The van der Waals surface area contributed by atoms with E-state index in [4.69, 9.17) is 0 Å². The van der Waals surface area contributed by atoms with Gasteiger partial charge in [-0.15, -0.1) is 0 Å². The molecule has 98 valence electrons. The maximum absolute atomic E-state index is 13.7. The zero-order valence-electron chi connectivity index (χ0n) is 9.69. The standard InChI is InChI=1S/C12H9F2N3O2/c13-6-1-8(14)7-4-17(5-15-9(7)2-6)10-3-11(18)16-12(10)19/h1-2,5,10H,3-4H2,(H,16,18,19). The Morgan fingerprint density at radius 3 is 2.79 bits per heavy atom. The topological polar surface area (TPSA) is 61.8 Å². The molecule has 19 heavy (non-hydrogen) atoms. The van der Waals surface area contributed by atoms with Crippen LogP contribution in [0.5, 0.6) is 0 Å². The summed E-state index contributed by atoms with van der Waals surface area (Å²) in [5.74, 6) is -2.20. The Morgan fingerprint density at radius 1 is 1.32 bits per heavy atom. The molecule has 2 heterocycles. The SMILES string of the molecule is O=C1CC(N2C=Nc3cc(F)cc(F)c3C2)C(=O)N1. The molecule has 1 fully saturated rings. The lowest BCUT2D eigenvalue weighted by molar-refractivity contribution is -0.125. The van der Waals surface area contributed by atoms with Gasteiger partial charge < -0.3 is 4.90 Å². The van der Waals surface area contributed by atoms with Crippen molar-refractivity contribution >= 4 is 23.8 Å². The van der Waals surface area contributed by atoms with Gasteiger partial charge in [-0.05, 0) is 0 Å². The molecule has 1 saturated heterocycles. The number of hydrogen-bond acceptors (Lipinski definition) is 4. The highest BCUT2D eigenvalue weighted by molar-refractivity contribution is 6.06. The summed E-state index contributed by atoms with van der Waals surface area (Å²) < 4.78 is 26.7. The number of halogens is 2. The number of fused-ring (bicyclic) bond motifs is 1. The predicted molar refractivity (Wildman–Crippen MR) is 61.6 cm³/mol. The van der Waals surface area contributed by atoms with E-state index in [0.717, 1.165) is 12.1 Å². The molecule has 3 rings (SSSR count). The van der Waals surface area contributed by atoms with Crippen LogP contribution in [0.2, 0.25) is 0 Å². The Kier molecular flexibility index (Phi) is 2.55. The molecule has 1 aromatic rings.